The minimum atomic E-state index is -0.797. The zero-order valence-electron chi connectivity index (χ0n) is 16.2. The van der Waals surface area contributed by atoms with Gasteiger partial charge in [-0.1, -0.05) is 19.8 Å². The molecule has 10 heteroatoms. The first kappa shape index (κ1) is 19.7. The fourth-order valence-corrected chi connectivity index (χ4v) is 3.81. The van der Waals surface area contributed by atoms with Crippen LogP contribution in [-0.2, 0) is 16.0 Å². The highest BCUT2D eigenvalue weighted by molar-refractivity contribution is 5.81. The number of carbonyl (C=O) groups is 1. The number of aromatic amines is 1. The summed E-state index contributed by atoms with van der Waals surface area (Å²) in [5.41, 5.74) is 0.788. The zero-order chi connectivity index (χ0) is 20.5. The van der Waals surface area contributed by atoms with Crippen LogP contribution in [0.2, 0.25) is 0 Å². The molecule has 0 spiro atoms. The number of imidazole rings is 2. The third kappa shape index (κ3) is 3.59. The number of hydrogen-bond acceptors (Lipinski definition) is 7. The molecule has 1 aliphatic rings. The molecule has 1 fully saturated rings. The van der Waals surface area contributed by atoms with Crippen molar-refractivity contribution in [3.8, 4) is 0 Å². The number of aromatic nitrogens is 5. The van der Waals surface area contributed by atoms with Gasteiger partial charge in [0.15, 0.2) is 5.52 Å². The Morgan fingerprint density at radius 1 is 1.38 bits per heavy atom. The van der Waals surface area contributed by atoms with Gasteiger partial charge < -0.3 is 19.9 Å². The molecule has 0 bridgehead atoms. The summed E-state index contributed by atoms with van der Waals surface area (Å²) in [6.45, 7) is 1.79. The number of Topliss-reactive ketones (excluding diaryl/α,β-unsaturated/α-hetero) is 1. The number of unbranched alkanes of at least 4 members (excludes halogenated alkanes) is 2. The fourth-order valence-electron chi connectivity index (χ4n) is 3.81. The van der Waals surface area contributed by atoms with E-state index in [1.165, 1.54) is 16.9 Å². The van der Waals surface area contributed by atoms with Crippen LogP contribution in [0.4, 0.5) is 0 Å². The Balaban J connectivity index is 1.66. The number of aliphatic hydroxyl groups is 2. The number of fused-ring (bicyclic) bond motifs is 2. The minimum Gasteiger partial charge on any atom is -0.394 e. The molecule has 3 aromatic rings. The number of rotatable bonds is 8. The normalized spacial score (nSPS) is 22.1. The van der Waals surface area contributed by atoms with Crippen molar-refractivity contribution in [2.45, 2.75) is 63.9 Å². The molecule has 29 heavy (non-hydrogen) atoms. The number of nitrogens with zero attached hydrogens (tertiary/aromatic N) is 4. The highest BCUT2D eigenvalue weighted by atomic mass is 16.5. The van der Waals surface area contributed by atoms with Crippen LogP contribution in [-0.4, -0.2) is 58.7 Å². The third-order valence-electron chi connectivity index (χ3n) is 5.40. The molecule has 3 N–H and O–H groups in total. The van der Waals surface area contributed by atoms with Crippen LogP contribution in [0.5, 0.6) is 0 Å². The number of carbonyl (C=O) groups excluding carboxylic acids is 1. The number of H-pyrrole nitrogens is 1. The quantitative estimate of drug-likeness (QED) is 0.471. The van der Waals surface area contributed by atoms with Crippen molar-refractivity contribution in [1.82, 2.24) is 23.9 Å². The summed E-state index contributed by atoms with van der Waals surface area (Å²) in [5.74, 6) is 0.395. The van der Waals surface area contributed by atoms with Crippen molar-refractivity contribution >= 4 is 22.7 Å². The highest BCUT2D eigenvalue weighted by Crippen LogP contribution is 2.30. The molecule has 0 aromatic carbocycles. The molecule has 4 rings (SSSR count). The van der Waals surface area contributed by atoms with Crippen molar-refractivity contribution in [1.29, 1.82) is 0 Å². The Bertz CT molecular complexity index is 1080. The average Bonchev–Trinajstić information content (AvgIpc) is 3.39. The Kier molecular flexibility index (Phi) is 5.48. The summed E-state index contributed by atoms with van der Waals surface area (Å²) in [6.07, 6.45) is 4.78. The van der Waals surface area contributed by atoms with Gasteiger partial charge in [0.2, 0.25) is 5.78 Å². The van der Waals surface area contributed by atoms with E-state index < -0.39 is 18.4 Å². The molecule has 0 amide bonds. The van der Waals surface area contributed by atoms with Crippen molar-refractivity contribution in [3.63, 3.8) is 0 Å². The molecule has 156 valence electrons. The minimum absolute atomic E-state index is 0.0775. The summed E-state index contributed by atoms with van der Waals surface area (Å²) < 4.78 is 8.67. The molecule has 0 radical (unpaired) electrons. The molecule has 1 aliphatic heterocycles. The van der Waals surface area contributed by atoms with Gasteiger partial charge in [0.25, 0.3) is 5.56 Å². The van der Waals surface area contributed by atoms with E-state index in [1.54, 1.807) is 4.57 Å². The van der Waals surface area contributed by atoms with Crippen LogP contribution in [0, 0.1) is 0 Å². The van der Waals surface area contributed by atoms with Crippen LogP contribution in [0.15, 0.2) is 17.3 Å². The van der Waals surface area contributed by atoms with Gasteiger partial charge in [-0.2, -0.15) is 0 Å². The lowest BCUT2D eigenvalue weighted by Crippen LogP contribution is -2.24. The van der Waals surface area contributed by atoms with Gasteiger partial charge in [-0.25, -0.2) is 14.4 Å². The standard InChI is InChI=1S/C19H25N5O5/c1-2-3-4-5-12(26)6-11-8-20-19-22-17-16(18(28)24(11)19)21-10-23(17)15-7-13(27)14(9-25)29-15/h8,10,13-15,25,27H,2-7,9H2,1H3,(H,20,22)/t13?,14-,15-/m1/s1. The molecule has 10 nitrogen and oxygen atoms in total. The third-order valence-corrected chi connectivity index (χ3v) is 5.40. The largest absolute Gasteiger partial charge is 0.394 e. The maximum absolute atomic E-state index is 13.0. The summed E-state index contributed by atoms with van der Waals surface area (Å²) >= 11 is 0. The first-order valence-corrected chi connectivity index (χ1v) is 9.94. The van der Waals surface area contributed by atoms with Crippen molar-refractivity contribution in [2.24, 2.45) is 0 Å². The summed E-state index contributed by atoms with van der Waals surface area (Å²) in [5, 5.41) is 19.3. The fraction of sp³-hybridized carbons (Fsp3) is 0.579. The maximum Gasteiger partial charge on any atom is 0.287 e. The monoisotopic (exact) mass is 403 g/mol. The Morgan fingerprint density at radius 2 is 2.21 bits per heavy atom. The molecule has 1 saturated heterocycles. The predicted octanol–water partition coefficient (Wildman–Crippen LogP) is 0.705. The van der Waals surface area contributed by atoms with Crippen LogP contribution in [0.1, 0.15) is 50.9 Å². The van der Waals surface area contributed by atoms with Crippen LogP contribution in [0.3, 0.4) is 0 Å². The zero-order valence-corrected chi connectivity index (χ0v) is 16.2. The van der Waals surface area contributed by atoms with Crippen LogP contribution < -0.4 is 5.56 Å². The van der Waals surface area contributed by atoms with Gasteiger partial charge in [0, 0.05) is 19.3 Å². The summed E-state index contributed by atoms with van der Waals surface area (Å²) in [6, 6.07) is 0. The number of aliphatic hydroxyl groups excluding tert-OH is 2. The number of nitrogens with one attached hydrogen (secondary N) is 1. The van der Waals surface area contributed by atoms with Gasteiger partial charge in [-0.3, -0.25) is 14.2 Å². The topological polar surface area (TPSA) is 135 Å². The van der Waals surface area contributed by atoms with Crippen molar-refractivity contribution in [2.75, 3.05) is 6.61 Å². The molecular formula is C19H25N5O5. The highest BCUT2D eigenvalue weighted by Gasteiger charge is 2.35. The van der Waals surface area contributed by atoms with Crippen molar-refractivity contribution in [3.05, 3.63) is 28.6 Å². The van der Waals surface area contributed by atoms with E-state index in [1.807, 2.05) is 0 Å². The van der Waals surface area contributed by atoms with E-state index in [2.05, 4.69) is 21.9 Å². The first-order chi connectivity index (χ1) is 14.0. The van der Waals surface area contributed by atoms with Gasteiger partial charge in [0.05, 0.1) is 30.9 Å². The number of ether oxygens (including phenoxy) is 1. The van der Waals surface area contributed by atoms with E-state index in [0.29, 0.717) is 23.5 Å². The van der Waals surface area contributed by atoms with E-state index in [0.717, 1.165) is 19.3 Å². The predicted molar refractivity (Wildman–Crippen MR) is 104 cm³/mol. The van der Waals surface area contributed by atoms with Crippen LogP contribution in [0.25, 0.3) is 16.9 Å². The lowest BCUT2D eigenvalue weighted by molar-refractivity contribution is -0.118. The lowest BCUT2D eigenvalue weighted by atomic mass is 10.1. The Labute approximate surface area is 166 Å². The molecule has 4 heterocycles. The molecule has 1 unspecified atom stereocenters. The summed E-state index contributed by atoms with van der Waals surface area (Å²) in [7, 11) is 0. The second kappa shape index (κ2) is 8.05. The van der Waals surface area contributed by atoms with E-state index in [-0.39, 0.29) is 36.3 Å². The number of ketones is 1. The van der Waals surface area contributed by atoms with Crippen molar-refractivity contribution < 1.29 is 19.7 Å². The van der Waals surface area contributed by atoms with Gasteiger partial charge in [-0.15, -0.1) is 0 Å². The Morgan fingerprint density at radius 3 is 2.93 bits per heavy atom. The second-order valence-electron chi connectivity index (χ2n) is 7.48. The summed E-state index contributed by atoms with van der Waals surface area (Å²) in [4.78, 5) is 36.8. The molecule has 3 aromatic heterocycles. The van der Waals surface area contributed by atoms with E-state index in [9.17, 15) is 19.8 Å². The molecule has 3 atom stereocenters. The lowest BCUT2D eigenvalue weighted by Gasteiger charge is -2.13. The molecule has 0 saturated carbocycles. The van der Waals surface area contributed by atoms with Gasteiger partial charge in [-0.05, 0) is 6.42 Å². The van der Waals surface area contributed by atoms with E-state index in [4.69, 9.17) is 4.74 Å². The van der Waals surface area contributed by atoms with Gasteiger partial charge in [0.1, 0.15) is 23.8 Å². The number of hydrogen-bond donors (Lipinski definition) is 3. The SMILES string of the molecule is CCCCCC(=O)Cc1cnc2[nH]c3c(ncn3[C@H]3CC(O)[C@@H](CO)O3)c(=O)n12. The Hall–Kier alpha value is -2.56. The second-order valence-corrected chi connectivity index (χ2v) is 7.48. The van der Waals surface area contributed by atoms with E-state index >= 15 is 0 Å². The van der Waals surface area contributed by atoms with Gasteiger partial charge >= 0.3 is 0 Å². The smallest absolute Gasteiger partial charge is 0.287 e. The van der Waals surface area contributed by atoms with Crippen LogP contribution >= 0.6 is 0 Å². The average molecular weight is 403 g/mol. The maximum atomic E-state index is 13.0. The molecular weight excluding hydrogens is 378 g/mol. The first-order valence-electron chi connectivity index (χ1n) is 9.94. The molecule has 0 aliphatic carbocycles.